The lowest BCUT2D eigenvalue weighted by atomic mass is 10.0. The van der Waals surface area contributed by atoms with Crippen LogP contribution < -0.4 is 5.73 Å². The quantitative estimate of drug-likeness (QED) is 0.105. The highest BCUT2D eigenvalue weighted by Crippen LogP contribution is 2.42. The minimum atomic E-state index is -4.05. The normalized spacial score (nSPS) is 15.1. The molecule has 0 radical (unpaired) electrons. The number of hydrogen-bond acceptors (Lipinski definition) is 5. The number of phosphoric ester groups is 1. The van der Waals surface area contributed by atoms with Crippen LogP contribution in [0.4, 0.5) is 0 Å². The Morgan fingerprint density at radius 2 is 1.22 bits per heavy atom. The number of quaternary nitrogens is 1. The van der Waals surface area contributed by atoms with Gasteiger partial charge in [0.15, 0.2) is 0 Å². The smallest absolute Gasteiger partial charge is 0.380 e. The molecule has 194 valence electrons. The number of nitrogens with zero attached hydrogens (tertiary/aromatic N) is 1. The van der Waals surface area contributed by atoms with Crippen molar-refractivity contribution in [3.63, 3.8) is 0 Å². The Morgan fingerprint density at radius 1 is 0.750 bits per heavy atom. The first kappa shape index (κ1) is 32.0. The highest BCUT2D eigenvalue weighted by Gasteiger charge is 2.23. The van der Waals surface area contributed by atoms with Gasteiger partial charge in [-0.2, -0.15) is 0 Å². The monoisotopic (exact) mass is 482 g/mol. The van der Waals surface area contributed by atoms with Crippen LogP contribution in [-0.4, -0.2) is 69.5 Å². The molecule has 0 heterocycles. The average molecular weight is 483 g/mol. The molecule has 0 fully saturated rings. The van der Waals surface area contributed by atoms with Crippen molar-refractivity contribution in [2.24, 2.45) is 5.73 Å². The molecule has 7 nitrogen and oxygen atoms in total. The van der Waals surface area contributed by atoms with Crippen molar-refractivity contribution in [2.45, 2.75) is 103 Å². The van der Waals surface area contributed by atoms with Gasteiger partial charge in [0.05, 0.1) is 40.4 Å². The molecule has 3 N–H and O–H groups in total. The van der Waals surface area contributed by atoms with Gasteiger partial charge in [-0.25, -0.2) is 4.57 Å². The molecular formula is C24H54N2O5P+. The fourth-order valence-electron chi connectivity index (χ4n) is 3.34. The fourth-order valence-corrected chi connectivity index (χ4v) is 4.11. The second kappa shape index (κ2) is 20.4. The third-order valence-electron chi connectivity index (χ3n) is 5.44. The number of ether oxygens (including phenoxy) is 1. The number of nitrogens with two attached hydrogens (primary N) is 1. The van der Waals surface area contributed by atoms with Crippen LogP contribution >= 0.6 is 7.82 Å². The van der Waals surface area contributed by atoms with E-state index in [1.165, 1.54) is 83.5 Å². The SMILES string of the molecule is CCCCCCCCCCCCCCCCOC[C@@H](N)CO[32P](=O)(O)OCC[N+](C)(C)C. The third-order valence-corrected chi connectivity index (χ3v) is 6.43. The van der Waals surface area contributed by atoms with Gasteiger partial charge in [0, 0.05) is 6.61 Å². The first-order valence-electron chi connectivity index (χ1n) is 12.9. The summed E-state index contributed by atoms with van der Waals surface area (Å²) in [4.78, 5) is 9.68. The Hall–Kier alpha value is -0.0100. The summed E-state index contributed by atoms with van der Waals surface area (Å²) in [5.74, 6) is 0. The molecule has 0 rings (SSSR count). The van der Waals surface area contributed by atoms with E-state index >= 15 is 0 Å². The zero-order chi connectivity index (χ0) is 24.1. The zero-order valence-corrected chi connectivity index (χ0v) is 22.5. The molecule has 0 bridgehead atoms. The molecule has 0 amide bonds. The van der Waals surface area contributed by atoms with Crippen molar-refractivity contribution in [1.82, 2.24) is 0 Å². The molecule has 0 aromatic carbocycles. The predicted molar refractivity (Wildman–Crippen MR) is 134 cm³/mol. The Balaban J connectivity index is 3.40. The Labute approximate surface area is 198 Å². The summed E-state index contributed by atoms with van der Waals surface area (Å²) >= 11 is 0. The van der Waals surface area contributed by atoms with E-state index in [4.69, 9.17) is 19.5 Å². The lowest BCUT2D eigenvalue weighted by Gasteiger charge is -2.24. The standard InChI is InChI=1S/C24H53N2O5P/c1-5-6-7-8-9-10-11-12-13-14-15-16-17-18-20-29-22-24(25)23-31-32(27,28)30-21-19-26(2,3)4/h24H,5-23,25H2,1-4H3/p+1/t24-/m1/s1/i32+1. The van der Waals surface area contributed by atoms with E-state index in [-0.39, 0.29) is 13.2 Å². The van der Waals surface area contributed by atoms with Crippen LogP contribution in [0.1, 0.15) is 96.8 Å². The van der Waals surface area contributed by atoms with Gasteiger partial charge in [0.2, 0.25) is 0 Å². The number of unbranched alkanes of at least 4 members (excludes halogenated alkanes) is 13. The van der Waals surface area contributed by atoms with Crippen molar-refractivity contribution in [1.29, 1.82) is 0 Å². The van der Waals surface area contributed by atoms with E-state index in [0.717, 1.165) is 6.42 Å². The van der Waals surface area contributed by atoms with Crippen molar-refractivity contribution in [3.8, 4) is 0 Å². The molecule has 0 saturated heterocycles. The lowest BCUT2D eigenvalue weighted by molar-refractivity contribution is -0.870. The van der Waals surface area contributed by atoms with E-state index in [2.05, 4.69) is 6.92 Å². The van der Waals surface area contributed by atoms with Crippen LogP contribution in [0, 0.1) is 0 Å². The topological polar surface area (TPSA) is 91.0 Å². The molecule has 2 atom stereocenters. The van der Waals surface area contributed by atoms with Gasteiger partial charge in [-0.1, -0.05) is 90.4 Å². The average Bonchev–Trinajstić information content (AvgIpc) is 2.71. The third kappa shape index (κ3) is 24.6. The summed E-state index contributed by atoms with van der Waals surface area (Å²) in [6.07, 6.45) is 18.7. The largest absolute Gasteiger partial charge is 0.472 e. The van der Waals surface area contributed by atoms with Crippen molar-refractivity contribution >= 4 is 7.82 Å². The van der Waals surface area contributed by atoms with E-state index < -0.39 is 13.9 Å². The molecule has 0 spiro atoms. The molecule has 32 heavy (non-hydrogen) atoms. The van der Waals surface area contributed by atoms with Crippen LogP contribution in [0.3, 0.4) is 0 Å². The lowest BCUT2D eigenvalue weighted by Crippen LogP contribution is -2.37. The molecular weight excluding hydrogens is 428 g/mol. The van der Waals surface area contributed by atoms with Gasteiger partial charge in [-0.15, -0.1) is 0 Å². The van der Waals surface area contributed by atoms with Gasteiger partial charge in [0.1, 0.15) is 13.2 Å². The number of hydrogen-bond donors (Lipinski definition) is 2. The summed E-state index contributed by atoms with van der Waals surface area (Å²) in [7, 11) is 1.90. The molecule has 0 aliphatic carbocycles. The molecule has 1 unspecified atom stereocenters. The summed E-state index contributed by atoms with van der Waals surface area (Å²) in [6.45, 7) is 3.96. The van der Waals surface area contributed by atoms with Crippen molar-refractivity contribution in [2.75, 3.05) is 54.1 Å². The molecule has 0 aliphatic heterocycles. The summed E-state index contributed by atoms with van der Waals surface area (Å²) in [6, 6.07) is -0.441. The van der Waals surface area contributed by atoms with E-state index in [1.807, 2.05) is 21.1 Å². The maximum atomic E-state index is 11.8. The molecule has 0 aliphatic rings. The minimum absolute atomic E-state index is 0.0586. The number of phosphoric acid groups is 1. The summed E-state index contributed by atoms with van der Waals surface area (Å²) in [5, 5.41) is 0. The Bertz CT molecular complexity index is 460. The highest BCUT2D eigenvalue weighted by molar-refractivity contribution is 7.47. The van der Waals surface area contributed by atoms with Gasteiger partial charge >= 0.3 is 7.82 Å². The maximum absolute atomic E-state index is 11.8. The Morgan fingerprint density at radius 3 is 1.69 bits per heavy atom. The molecule has 0 aromatic heterocycles. The van der Waals surface area contributed by atoms with Gasteiger partial charge in [0.25, 0.3) is 0 Å². The first-order chi connectivity index (χ1) is 15.2. The van der Waals surface area contributed by atoms with Gasteiger partial charge < -0.3 is 19.8 Å². The maximum Gasteiger partial charge on any atom is 0.472 e. The van der Waals surface area contributed by atoms with Crippen LogP contribution in [-0.2, 0) is 18.3 Å². The van der Waals surface area contributed by atoms with Crippen molar-refractivity contribution in [3.05, 3.63) is 0 Å². The number of likely N-dealkylation sites (N-methyl/N-ethyl adjacent to an activating group) is 1. The second-order valence-electron chi connectivity index (χ2n) is 10.0. The van der Waals surface area contributed by atoms with E-state index in [1.54, 1.807) is 0 Å². The summed E-state index contributed by atoms with van der Waals surface area (Å²) < 4.78 is 28.0. The van der Waals surface area contributed by atoms with Crippen LogP contribution in [0.5, 0.6) is 0 Å². The van der Waals surface area contributed by atoms with Crippen LogP contribution in [0.15, 0.2) is 0 Å². The van der Waals surface area contributed by atoms with Crippen molar-refractivity contribution < 1.29 is 27.7 Å². The molecule has 0 saturated carbocycles. The highest BCUT2D eigenvalue weighted by atomic mass is 32.2. The predicted octanol–water partition coefficient (Wildman–Crippen LogP) is 5.65. The van der Waals surface area contributed by atoms with Crippen LogP contribution in [0.2, 0.25) is 0 Å². The zero-order valence-electron chi connectivity index (χ0n) is 21.6. The number of rotatable bonds is 24. The first-order valence-corrected chi connectivity index (χ1v) is 14.4. The molecule has 8 heteroatoms. The van der Waals surface area contributed by atoms with E-state index in [0.29, 0.717) is 24.2 Å². The van der Waals surface area contributed by atoms with Crippen LogP contribution in [0.25, 0.3) is 0 Å². The minimum Gasteiger partial charge on any atom is -0.380 e. The van der Waals surface area contributed by atoms with Gasteiger partial charge in [-0.05, 0) is 6.42 Å². The van der Waals surface area contributed by atoms with E-state index in [9.17, 15) is 9.46 Å². The molecule has 0 aromatic rings. The van der Waals surface area contributed by atoms with Gasteiger partial charge in [-0.3, -0.25) is 9.05 Å². The second-order valence-corrected chi connectivity index (χ2v) is 11.5. The Kier molecular flexibility index (Phi) is 20.4. The fraction of sp³-hybridized carbons (Fsp3) is 1.00. The summed E-state index contributed by atoms with van der Waals surface area (Å²) in [5.41, 5.74) is 5.90.